The van der Waals surface area contributed by atoms with Crippen LogP contribution in [0.25, 0.3) is 5.76 Å². The van der Waals surface area contributed by atoms with E-state index in [1.54, 1.807) is 54.6 Å². The van der Waals surface area contributed by atoms with Crippen molar-refractivity contribution in [2.45, 2.75) is 40.7 Å². The molecule has 0 aliphatic carbocycles. The summed E-state index contributed by atoms with van der Waals surface area (Å²) in [6, 6.07) is 18.0. The normalized spacial score (nSPS) is 16.7. The van der Waals surface area contributed by atoms with Gasteiger partial charge in [-0.1, -0.05) is 32.0 Å². The maximum absolute atomic E-state index is 13.4. The Morgan fingerprint density at radius 1 is 0.921 bits per heavy atom. The van der Waals surface area contributed by atoms with Crippen molar-refractivity contribution in [3.05, 3.63) is 94.6 Å². The van der Waals surface area contributed by atoms with Crippen LogP contribution in [0.15, 0.2) is 72.3 Å². The van der Waals surface area contributed by atoms with E-state index in [0.29, 0.717) is 40.8 Å². The molecule has 0 bridgehead atoms. The van der Waals surface area contributed by atoms with Gasteiger partial charge in [-0.05, 0) is 85.0 Å². The average molecular weight is 514 g/mol. The lowest BCUT2D eigenvalue weighted by Gasteiger charge is -2.26. The lowest BCUT2D eigenvalue weighted by atomic mass is 9.95. The number of hydrogen-bond donors (Lipinski definition) is 1. The molecule has 4 rings (SSSR count). The van der Waals surface area contributed by atoms with Crippen molar-refractivity contribution in [3.63, 3.8) is 0 Å². The molecule has 1 aliphatic rings. The minimum Gasteiger partial charge on any atom is -0.507 e. The summed E-state index contributed by atoms with van der Waals surface area (Å²) in [7, 11) is 0. The summed E-state index contributed by atoms with van der Waals surface area (Å²) < 4.78 is 10.9. The summed E-state index contributed by atoms with van der Waals surface area (Å²) in [6.07, 6.45) is 0. The highest BCUT2D eigenvalue weighted by Crippen LogP contribution is 2.43. The topological polar surface area (TPSA) is 93.1 Å². The largest absolute Gasteiger partial charge is 0.507 e. The van der Waals surface area contributed by atoms with E-state index in [9.17, 15) is 19.5 Å². The summed E-state index contributed by atoms with van der Waals surface area (Å²) in [5.74, 6) is -0.920. The monoisotopic (exact) mass is 513 g/mol. The van der Waals surface area contributed by atoms with Crippen LogP contribution in [0.2, 0.25) is 0 Å². The number of anilines is 1. The Labute approximate surface area is 222 Å². The van der Waals surface area contributed by atoms with Gasteiger partial charge in [-0.3, -0.25) is 19.3 Å². The van der Waals surface area contributed by atoms with Crippen LogP contribution in [0, 0.1) is 19.8 Å². The average Bonchev–Trinajstić information content (AvgIpc) is 3.14. The van der Waals surface area contributed by atoms with Crippen LogP contribution in [0.3, 0.4) is 0 Å². The molecule has 0 radical (unpaired) electrons. The fourth-order valence-electron chi connectivity index (χ4n) is 4.30. The molecular weight excluding hydrogens is 482 g/mol. The third-order valence-corrected chi connectivity index (χ3v) is 6.38. The lowest BCUT2D eigenvalue weighted by molar-refractivity contribution is -0.132. The minimum atomic E-state index is -0.889. The zero-order chi connectivity index (χ0) is 27.6. The van der Waals surface area contributed by atoms with E-state index in [-0.39, 0.29) is 11.3 Å². The predicted octanol–water partition coefficient (Wildman–Crippen LogP) is 5.89. The zero-order valence-electron chi connectivity index (χ0n) is 22.1. The second-order valence-electron chi connectivity index (χ2n) is 9.83. The number of amides is 1. The Morgan fingerprint density at radius 2 is 1.55 bits per heavy atom. The lowest BCUT2D eigenvalue weighted by Crippen LogP contribution is -2.29. The number of benzene rings is 3. The first-order valence-electron chi connectivity index (χ1n) is 12.5. The molecule has 1 fully saturated rings. The molecule has 38 heavy (non-hydrogen) atoms. The van der Waals surface area contributed by atoms with Crippen LogP contribution < -0.4 is 14.4 Å². The van der Waals surface area contributed by atoms with Gasteiger partial charge in [0.05, 0.1) is 18.2 Å². The van der Waals surface area contributed by atoms with E-state index in [2.05, 4.69) is 0 Å². The highest BCUT2D eigenvalue weighted by molar-refractivity contribution is 6.51. The van der Waals surface area contributed by atoms with Crippen molar-refractivity contribution in [2.75, 3.05) is 11.5 Å². The molecule has 1 amide bonds. The molecular formula is C31H31NO6. The number of hydrogen-bond acceptors (Lipinski definition) is 6. The predicted molar refractivity (Wildman–Crippen MR) is 145 cm³/mol. The molecule has 0 aromatic heterocycles. The third kappa shape index (κ3) is 5.47. The number of ether oxygens (including phenoxy) is 2. The molecule has 1 heterocycles. The van der Waals surface area contributed by atoms with E-state index < -0.39 is 23.7 Å². The van der Waals surface area contributed by atoms with Crippen molar-refractivity contribution < 1.29 is 29.0 Å². The Balaban J connectivity index is 1.82. The van der Waals surface area contributed by atoms with Gasteiger partial charge in [-0.15, -0.1) is 0 Å². The van der Waals surface area contributed by atoms with Gasteiger partial charge in [0.1, 0.15) is 17.3 Å². The quantitative estimate of drug-likeness (QED) is 0.139. The number of aryl methyl sites for hydroxylation is 2. The van der Waals surface area contributed by atoms with Crippen molar-refractivity contribution in [3.8, 4) is 11.5 Å². The number of esters is 1. The zero-order valence-corrected chi connectivity index (χ0v) is 22.1. The van der Waals surface area contributed by atoms with Crippen LogP contribution in [-0.2, 0) is 14.4 Å². The molecule has 7 nitrogen and oxygen atoms in total. The molecule has 0 spiro atoms. The van der Waals surface area contributed by atoms with Crippen LogP contribution in [0.5, 0.6) is 11.5 Å². The first-order valence-corrected chi connectivity index (χ1v) is 12.5. The van der Waals surface area contributed by atoms with Gasteiger partial charge in [-0.2, -0.15) is 0 Å². The Hall–Kier alpha value is -4.39. The molecule has 0 saturated carbocycles. The molecule has 3 aromatic rings. The SMILES string of the molecule is CC(=O)Oc1ccc(C2/C(=C(\O)c3ccc(OCC(C)C)cc3)C(=O)C(=O)N2c2ccc(C)c(C)c2)cc1. The molecule has 196 valence electrons. The van der Waals surface area contributed by atoms with E-state index in [4.69, 9.17) is 9.47 Å². The van der Waals surface area contributed by atoms with Crippen molar-refractivity contribution in [2.24, 2.45) is 5.92 Å². The summed E-state index contributed by atoms with van der Waals surface area (Å²) in [5, 5.41) is 11.4. The van der Waals surface area contributed by atoms with E-state index >= 15 is 0 Å². The third-order valence-electron chi connectivity index (χ3n) is 6.38. The first kappa shape index (κ1) is 26.7. The maximum atomic E-state index is 13.4. The molecule has 1 atom stereocenters. The minimum absolute atomic E-state index is 0.0238. The van der Waals surface area contributed by atoms with Gasteiger partial charge >= 0.3 is 5.97 Å². The summed E-state index contributed by atoms with van der Waals surface area (Å²) >= 11 is 0. The van der Waals surface area contributed by atoms with E-state index in [1.165, 1.54) is 11.8 Å². The van der Waals surface area contributed by atoms with Crippen molar-refractivity contribution >= 4 is 29.1 Å². The number of carbonyl (C=O) groups is 3. The van der Waals surface area contributed by atoms with Gasteiger partial charge in [0.15, 0.2) is 0 Å². The highest BCUT2D eigenvalue weighted by Gasteiger charge is 2.47. The Kier molecular flexibility index (Phi) is 7.67. The summed E-state index contributed by atoms with van der Waals surface area (Å²) in [6.45, 7) is 9.85. The number of rotatable bonds is 7. The summed E-state index contributed by atoms with van der Waals surface area (Å²) in [4.78, 5) is 39.6. The fraction of sp³-hybridized carbons (Fsp3) is 0.258. The number of carbonyl (C=O) groups excluding carboxylic acids is 3. The fourth-order valence-corrected chi connectivity index (χ4v) is 4.30. The second-order valence-corrected chi connectivity index (χ2v) is 9.83. The standard InChI is InChI=1S/C31H31NO6/c1-18(2)17-37-25-12-9-23(10-13-25)29(34)27-28(22-7-14-26(15-8-22)38-21(5)33)32(31(36)30(27)35)24-11-6-19(3)20(4)16-24/h6-16,18,28,34H,17H2,1-5H3/b29-27+. The molecule has 1 N–H and O–H groups in total. The van der Waals surface area contributed by atoms with Gasteiger partial charge in [0.2, 0.25) is 0 Å². The van der Waals surface area contributed by atoms with Gasteiger partial charge in [0.25, 0.3) is 11.7 Å². The smallest absolute Gasteiger partial charge is 0.308 e. The van der Waals surface area contributed by atoms with E-state index in [0.717, 1.165) is 11.1 Å². The number of ketones is 1. The Morgan fingerprint density at radius 3 is 2.13 bits per heavy atom. The maximum Gasteiger partial charge on any atom is 0.308 e. The van der Waals surface area contributed by atoms with Gasteiger partial charge in [-0.25, -0.2) is 0 Å². The number of aliphatic hydroxyl groups is 1. The van der Waals surface area contributed by atoms with E-state index in [1.807, 2.05) is 39.8 Å². The van der Waals surface area contributed by atoms with Crippen molar-refractivity contribution in [1.29, 1.82) is 0 Å². The number of aliphatic hydroxyl groups excluding tert-OH is 1. The highest BCUT2D eigenvalue weighted by atomic mass is 16.5. The van der Waals surface area contributed by atoms with Crippen LogP contribution in [-0.4, -0.2) is 29.4 Å². The Bertz CT molecular complexity index is 1400. The molecule has 1 unspecified atom stereocenters. The van der Waals surface area contributed by atoms with Crippen LogP contribution in [0.1, 0.15) is 49.1 Å². The van der Waals surface area contributed by atoms with Gasteiger partial charge < -0.3 is 14.6 Å². The van der Waals surface area contributed by atoms with Gasteiger partial charge in [0, 0.05) is 18.2 Å². The molecule has 1 saturated heterocycles. The summed E-state index contributed by atoms with van der Waals surface area (Å²) in [5.41, 5.74) is 3.50. The molecule has 7 heteroatoms. The van der Waals surface area contributed by atoms with Crippen molar-refractivity contribution in [1.82, 2.24) is 0 Å². The van der Waals surface area contributed by atoms with Crippen LogP contribution in [0.4, 0.5) is 5.69 Å². The van der Waals surface area contributed by atoms with Crippen LogP contribution >= 0.6 is 0 Å². The first-order chi connectivity index (χ1) is 18.1. The molecule has 3 aromatic carbocycles. The number of Topliss-reactive ketones (excluding diaryl/α,β-unsaturated/α-hetero) is 1. The second kappa shape index (κ2) is 10.9. The molecule has 1 aliphatic heterocycles. The number of nitrogens with zero attached hydrogens (tertiary/aromatic N) is 1.